The van der Waals surface area contributed by atoms with Crippen molar-refractivity contribution in [2.45, 2.75) is 84.3 Å². The monoisotopic (exact) mass is 532 g/mol. The first-order chi connectivity index (χ1) is 18.0. The first-order valence-electron chi connectivity index (χ1n) is 13.7. The number of carbonyl (C=O) groups is 3. The number of phenols is 2. The Bertz CT molecular complexity index is 951. The average molecular weight is 533 g/mol. The third kappa shape index (κ3) is 8.33. The summed E-state index contributed by atoms with van der Waals surface area (Å²) in [5, 5.41) is 35.9. The molecule has 0 unspecified atom stereocenters. The van der Waals surface area contributed by atoms with Crippen molar-refractivity contribution in [2.24, 2.45) is 17.3 Å². The molecule has 2 aliphatic rings. The zero-order valence-electron chi connectivity index (χ0n) is 22.9. The Morgan fingerprint density at radius 1 is 1.11 bits per heavy atom. The molecule has 0 radical (unpaired) electrons. The van der Waals surface area contributed by atoms with Crippen LogP contribution in [0.4, 0.5) is 0 Å². The van der Waals surface area contributed by atoms with Gasteiger partial charge in [0.2, 0.25) is 18.2 Å². The molecule has 1 aromatic carbocycles. The Hall–Kier alpha value is -2.85. The Labute approximate surface area is 225 Å². The fraction of sp³-hybridized carbons (Fsp3) is 0.679. The fourth-order valence-electron chi connectivity index (χ4n) is 5.52. The minimum Gasteiger partial charge on any atom is -0.504 e. The maximum Gasteiger partial charge on any atom is 0.245 e. The molecule has 1 saturated carbocycles. The van der Waals surface area contributed by atoms with E-state index in [1.165, 1.54) is 12.1 Å². The zero-order valence-corrected chi connectivity index (χ0v) is 22.9. The molecule has 0 spiro atoms. The fourth-order valence-corrected chi connectivity index (χ4v) is 5.52. The van der Waals surface area contributed by atoms with Gasteiger partial charge >= 0.3 is 0 Å². The van der Waals surface area contributed by atoms with Crippen LogP contribution in [0.25, 0.3) is 0 Å². The van der Waals surface area contributed by atoms with Gasteiger partial charge in [0.1, 0.15) is 6.04 Å². The van der Waals surface area contributed by atoms with Crippen molar-refractivity contribution in [1.29, 1.82) is 0 Å². The van der Waals surface area contributed by atoms with E-state index in [2.05, 4.69) is 10.6 Å². The number of hydrogen-bond acceptors (Lipinski definition) is 7. The Morgan fingerprint density at radius 2 is 1.76 bits per heavy atom. The quantitative estimate of drug-likeness (QED) is 0.128. The number of piperidine rings is 1. The maximum absolute atomic E-state index is 13.6. The van der Waals surface area contributed by atoms with E-state index in [-0.39, 0.29) is 35.9 Å². The molecule has 0 aromatic heterocycles. The van der Waals surface area contributed by atoms with E-state index in [0.717, 1.165) is 44.1 Å². The normalized spacial score (nSPS) is 18.7. The van der Waals surface area contributed by atoms with Crippen LogP contribution in [-0.2, 0) is 20.9 Å². The molecule has 2 fully saturated rings. The lowest BCUT2D eigenvalue weighted by atomic mass is 9.84. The second-order valence-corrected chi connectivity index (χ2v) is 11.9. The van der Waals surface area contributed by atoms with Crippen molar-refractivity contribution < 1.29 is 29.8 Å². The Kier molecular flexibility index (Phi) is 10.4. The van der Waals surface area contributed by atoms with Gasteiger partial charge in [0.25, 0.3) is 0 Å². The van der Waals surface area contributed by atoms with Crippen LogP contribution in [0.5, 0.6) is 11.5 Å². The number of amides is 3. The first-order valence-corrected chi connectivity index (χ1v) is 13.7. The van der Waals surface area contributed by atoms with Gasteiger partial charge in [0.15, 0.2) is 11.5 Å². The summed E-state index contributed by atoms with van der Waals surface area (Å²) in [6, 6.07) is 4.22. The molecule has 1 heterocycles. The largest absolute Gasteiger partial charge is 0.504 e. The number of rotatable bonds is 11. The lowest BCUT2D eigenvalue weighted by Crippen LogP contribution is -2.58. The number of nitrogens with one attached hydrogen (secondary N) is 2. The van der Waals surface area contributed by atoms with Crippen LogP contribution in [0, 0.1) is 17.3 Å². The van der Waals surface area contributed by atoms with Crippen molar-refractivity contribution >= 4 is 18.2 Å². The molecule has 5 N–H and O–H groups in total. The van der Waals surface area contributed by atoms with Crippen LogP contribution in [0.1, 0.15) is 71.3 Å². The van der Waals surface area contributed by atoms with Crippen LogP contribution in [-0.4, -0.2) is 75.3 Å². The highest BCUT2D eigenvalue weighted by molar-refractivity contribution is 5.89. The van der Waals surface area contributed by atoms with E-state index in [1.54, 1.807) is 11.0 Å². The minimum atomic E-state index is -0.728. The predicted molar refractivity (Wildman–Crippen MR) is 142 cm³/mol. The van der Waals surface area contributed by atoms with E-state index in [4.69, 9.17) is 0 Å². The van der Waals surface area contributed by atoms with E-state index in [1.807, 2.05) is 20.8 Å². The van der Waals surface area contributed by atoms with Gasteiger partial charge in [-0.2, -0.15) is 0 Å². The molecule has 0 bridgehead atoms. The molecule has 3 amide bonds. The van der Waals surface area contributed by atoms with Gasteiger partial charge in [0, 0.05) is 25.7 Å². The van der Waals surface area contributed by atoms with Crippen LogP contribution in [0.15, 0.2) is 18.2 Å². The summed E-state index contributed by atoms with van der Waals surface area (Å²) in [5.74, 6) is -0.929. The van der Waals surface area contributed by atoms with Crippen LogP contribution in [0.2, 0.25) is 0 Å². The summed E-state index contributed by atoms with van der Waals surface area (Å²) in [6.45, 7) is 7.33. The van der Waals surface area contributed by atoms with Crippen molar-refractivity contribution in [3.05, 3.63) is 23.8 Å². The maximum atomic E-state index is 13.6. The lowest BCUT2D eigenvalue weighted by Gasteiger charge is -2.39. The van der Waals surface area contributed by atoms with Crippen LogP contribution >= 0.6 is 0 Å². The highest BCUT2D eigenvalue weighted by Crippen LogP contribution is 2.31. The number of hydrogen-bond donors (Lipinski definition) is 5. The number of likely N-dealkylation sites (tertiary alicyclic amines) is 1. The average Bonchev–Trinajstić information content (AvgIpc) is 3.39. The molecule has 1 aliphatic carbocycles. The molecular weight excluding hydrogens is 488 g/mol. The van der Waals surface area contributed by atoms with Gasteiger partial charge in [0.05, 0.1) is 12.5 Å². The summed E-state index contributed by atoms with van der Waals surface area (Å²) in [5.41, 5.74) is 0.335. The molecule has 10 nitrogen and oxygen atoms in total. The standard InChI is InChI=1S/C28H44N4O6/c1-28(2,3)25(30-26(36)21(17-32(38)18-33)14-19-6-4-5-7-19)27(37)31-12-10-22(11-13-31)29-16-20-8-9-23(34)24(35)15-20/h8-9,15,18-19,21-22,25,29,34-35,38H,4-7,10-14,16-17H2,1-3H3,(H,30,36)/t21-,25-/m1/s1. The molecule has 38 heavy (non-hydrogen) atoms. The van der Waals surface area contributed by atoms with Crippen molar-refractivity contribution in [3.8, 4) is 11.5 Å². The molecule has 212 valence electrons. The Morgan fingerprint density at radius 3 is 2.34 bits per heavy atom. The van der Waals surface area contributed by atoms with E-state index in [9.17, 15) is 29.8 Å². The molecule has 1 aromatic rings. The highest BCUT2D eigenvalue weighted by atomic mass is 16.5. The van der Waals surface area contributed by atoms with E-state index < -0.39 is 17.4 Å². The molecule has 10 heteroatoms. The summed E-state index contributed by atoms with van der Waals surface area (Å²) < 4.78 is 0. The number of phenolic OH excluding ortho intramolecular Hbond substituents is 2. The first kappa shape index (κ1) is 29.7. The number of hydroxylamine groups is 2. The van der Waals surface area contributed by atoms with Gasteiger partial charge < -0.3 is 25.7 Å². The number of nitrogens with zero attached hydrogens (tertiary/aromatic N) is 2. The zero-order chi connectivity index (χ0) is 27.9. The molecular formula is C28H44N4O6. The minimum absolute atomic E-state index is 0.0905. The van der Waals surface area contributed by atoms with Gasteiger partial charge in [-0.25, -0.2) is 5.06 Å². The summed E-state index contributed by atoms with van der Waals surface area (Å²) >= 11 is 0. The number of aromatic hydroxyl groups is 2. The predicted octanol–water partition coefficient (Wildman–Crippen LogP) is 2.75. The van der Waals surface area contributed by atoms with Crippen LogP contribution < -0.4 is 10.6 Å². The topological polar surface area (TPSA) is 142 Å². The van der Waals surface area contributed by atoms with Gasteiger partial charge in [-0.3, -0.25) is 19.6 Å². The number of benzene rings is 1. The summed E-state index contributed by atoms with van der Waals surface area (Å²) in [7, 11) is 0. The van der Waals surface area contributed by atoms with Gasteiger partial charge in [-0.1, -0.05) is 52.5 Å². The van der Waals surface area contributed by atoms with E-state index >= 15 is 0 Å². The third-order valence-electron chi connectivity index (χ3n) is 7.83. The molecule has 2 atom stereocenters. The van der Waals surface area contributed by atoms with Crippen molar-refractivity contribution in [3.63, 3.8) is 0 Å². The van der Waals surface area contributed by atoms with Gasteiger partial charge in [-0.15, -0.1) is 0 Å². The molecule has 1 aliphatic heterocycles. The summed E-state index contributed by atoms with van der Waals surface area (Å²) in [6.07, 6.45) is 6.72. The highest BCUT2D eigenvalue weighted by Gasteiger charge is 2.38. The second-order valence-electron chi connectivity index (χ2n) is 11.9. The second kappa shape index (κ2) is 13.3. The SMILES string of the molecule is CC(C)(C)[C@H](NC(=O)[C@H](CC1CCCC1)CN(O)C=O)C(=O)N1CCC(NCc2ccc(O)c(O)c2)CC1. The van der Waals surface area contributed by atoms with Crippen molar-refractivity contribution in [2.75, 3.05) is 19.6 Å². The summed E-state index contributed by atoms with van der Waals surface area (Å²) in [4.78, 5) is 39.8. The van der Waals surface area contributed by atoms with Gasteiger partial charge in [-0.05, 0) is 48.3 Å². The van der Waals surface area contributed by atoms with E-state index in [0.29, 0.717) is 43.4 Å². The lowest BCUT2D eigenvalue weighted by molar-refractivity contribution is -0.156. The Balaban J connectivity index is 1.58. The third-order valence-corrected chi connectivity index (χ3v) is 7.83. The smallest absolute Gasteiger partial charge is 0.245 e. The van der Waals surface area contributed by atoms with Crippen molar-refractivity contribution in [1.82, 2.24) is 20.6 Å². The van der Waals surface area contributed by atoms with Crippen LogP contribution in [0.3, 0.4) is 0 Å². The number of carbonyl (C=O) groups excluding carboxylic acids is 3. The molecule has 1 saturated heterocycles. The molecule has 3 rings (SSSR count).